The van der Waals surface area contributed by atoms with Crippen LogP contribution in [0.1, 0.15) is 41.0 Å². The van der Waals surface area contributed by atoms with Gasteiger partial charge < -0.3 is 5.32 Å². The van der Waals surface area contributed by atoms with Gasteiger partial charge in [0.25, 0.3) is 0 Å². The summed E-state index contributed by atoms with van der Waals surface area (Å²) in [6.07, 6.45) is 0.692. The molecule has 0 amide bonds. The highest BCUT2D eigenvalue weighted by molar-refractivity contribution is 7.92. The maximum absolute atomic E-state index is 11.6. The summed E-state index contributed by atoms with van der Waals surface area (Å²) in [6, 6.07) is 0. The van der Waals surface area contributed by atoms with E-state index in [1.807, 2.05) is 27.7 Å². The SMILES string of the molecule is CCC(C)S(=O)(=O)CCNC(C)(C)C. The van der Waals surface area contributed by atoms with Crippen molar-refractivity contribution in [1.82, 2.24) is 5.32 Å². The van der Waals surface area contributed by atoms with Crippen molar-refractivity contribution in [2.24, 2.45) is 0 Å². The molecule has 0 saturated heterocycles. The van der Waals surface area contributed by atoms with Gasteiger partial charge in [-0.25, -0.2) is 8.42 Å². The van der Waals surface area contributed by atoms with Gasteiger partial charge in [0.05, 0.1) is 11.0 Å². The molecule has 1 atom stereocenters. The highest BCUT2D eigenvalue weighted by Crippen LogP contribution is 2.06. The lowest BCUT2D eigenvalue weighted by Gasteiger charge is -2.21. The Labute approximate surface area is 88.2 Å². The molecule has 14 heavy (non-hydrogen) atoms. The van der Waals surface area contributed by atoms with E-state index in [1.54, 1.807) is 6.92 Å². The second kappa shape index (κ2) is 5.12. The van der Waals surface area contributed by atoms with Crippen molar-refractivity contribution in [2.45, 2.75) is 51.8 Å². The molecule has 0 bridgehead atoms. The quantitative estimate of drug-likeness (QED) is 0.767. The molecule has 0 heterocycles. The summed E-state index contributed by atoms with van der Waals surface area (Å²) in [6.45, 7) is 10.3. The molecule has 0 rings (SSSR count). The molecule has 0 aliphatic rings. The summed E-state index contributed by atoms with van der Waals surface area (Å²) in [4.78, 5) is 0. The molecule has 1 unspecified atom stereocenters. The minimum absolute atomic E-state index is 0.00896. The third kappa shape index (κ3) is 5.60. The number of nitrogens with one attached hydrogen (secondary N) is 1. The van der Waals surface area contributed by atoms with E-state index in [4.69, 9.17) is 0 Å². The van der Waals surface area contributed by atoms with Crippen LogP contribution in [-0.4, -0.2) is 31.5 Å². The van der Waals surface area contributed by atoms with E-state index in [0.717, 1.165) is 0 Å². The molecule has 4 heteroatoms. The van der Waals surface area contributed by atoms with E-state index in [9.17, 15) is 8.42 Å². The van der Waals surface area contributed by atoms with Gasteiger partial charge in [-0.2, -0.15) is 0 Å². The van der Waals surface area contributed by atoms with Crippen LogP contribution < -0.4 is 5.32 Å². The predicted molar refractivity (Wildman–Crippen MR) is 61.3 cm³/mol. The second-order valence-electron chi connectivity index (χ2n) is 4.76. The van der Waals surface area contributed by atoms with Gasteiger partial charge in [-0.1, -0.05) is 6.92 Å². The number of sulfone groups is 1. The zero-order chi connectivity index (χ0) is 11.4. The van der Waals surface area contributed by atoms with Crippen molar-refractivity contribution in [3.63, 3.8) is 0 Å². The van der Waals surface area contributed by atoms with Crippen molar-refractivity contribution < 1.29 is 8.42 Å². The van der Waals surface area contributed by atoms with Crippen molar-refractivity contribution in [2.75, 3.05) is 12.3 Å². The third-order valence-corrected chi connectivity index (χ3v) is 4.56. The Kier molecular flexibility index (Phi) is 5.09. The summed E-state index contributed by atoms with van der Waals surface area (Å²) >= 11 is 0. The summed E-state index contributed by atoms with van der Waals surface area (Å²) in [5.41, 5.74) is -0.00896. The Morgan fingerprint density at radius 2 is 1.79 bits per heavy atom. The van der Waals surface area contributed by atoms with Crippen molar-refractivity contribution in [1.29, 1.82) is 0 Å². The van der Waals surface area contributed by atoms with E-state index in [0.29, 0.717) is 13.0 Å². The van der Waals surface area contributed by atoms with E-state index in [1.165, 1.54) is 0 Å². The van der Waals surface area contributed by atoms with Crippen LogP contribution in [0.25, 0.3) is 0 Å². The van der Waals surface area contributed by atoms with E-state index in [2.05, 4.69) is 5.32 Å². The van der Waals surface area contributed by atoms with Crippen LogP contribution in [-0.2, 0) is 9.84 Å². The molecule has 3 nitrogen and oxygen atoms in total. The Bertz CT molecular complexity index is 252. The molecule has 0 spiro atoms. The van der Waals surface area contributed by atoms with E-state index in [-0.39, 0.29) is 16.5 Å². The summed E-state index contributed by atoms with van der Waals surface area (Å²) in [7, 11) is -2.90. The topological polar surface area (TPSA) is 46.2 Å². The maximum atomic E-state index is 11.6. The molecule has 0 saturated carbocycles. The first kappa shape index (κ1) is 13.9. The molecule has 0 fully saturated rings. The number of rotatable bonds is 5. The zero-order valence-corrected chi connectivity index (χ0v) is 10.7. The third-order valence-electron chi connectivity index (χ3n) is 2.23. The normalized spacial score (nSPS) is 15.5. The van der Waals surface area contributed by atoms with Crippen LogP contribution in [0.3, 0.4) is 0 Å². The minimum atomic E-state index is -2.90. The van der Waals surface area contributed by atoms with Crippen LogP contribution in [0.2, 0.25) is 0 Å². The first-order chi connectivity index (χ1) is 6.19. The average Bonchev–Trinajstić information content (AvgIpc) is 2.00. The van der Waals surface area contributed by atoms with Crippen LogP contribution in [0, 0.1) is 0 Å². The molecule has 0 aromatic carbocycles. The Morgan fingerprint density at radius 3 is 2.14 bits per heavy atom. The predicted octanol–water partition coefficient (Wildman–Crippen LogP) is 1.59. The van der Waals surface area contributed by atoms with Gasteiger partial charge in [0.2, 0.25) is 0 Å². The second-order valence-corrected chi connectivity index (χ2v) is 7.30. The Hall–Kier alpha value is -0.0900. The van der Waals surface area contributed by atoms with Crippen molar-refractivity contribution in [3.8, 4) is 0 Å². The van der Waals surface area contributed by atoms with Gasteiger partial charge >= 0.3 is 0 Å². The number of hydrogen-bond donors (Lipinski definition) is 1. The zero-order valence-electron chi connectivity index (χ0n) is 9.92. The molecule has 0 radical (unpaired) electrons. The van der Waals surface area contributed by atoms with Gasteiger partial charge in [0, 0.05) is 12.1 Å². The number of hydrogen-bond acceptors (Lipinski definition) is 3. The summed E-state index contributed by atoms with van der Waals surface area (Å²) in [5.74, 6) is 0.235. The van der Waals surface area contributed by atoms with E-state index < -0.39 is 9.84 Å². The average molecular weight is 221 g/mol. The standard InChI is InChI=1S/C10H23NO2S/c1-6-9(2)14(12,13)8-7-11-10(3,4)5/h9,11H,6-8H2,1-5H3. The molecule has 1 N–H and O–H groups in total. The van der Waals surface area contributed by atoms with Gasteiger partial charge in [-0.15, -0.1) is 0 Å². The van der Waals surface area contributed by atoms with E-state index >= 15 is 0 Å². The lowest BCUT2D eigenvalue weighted by atomic mass is 10.1. The molecule has 0 aliphatic heterocycles. The van der Waals surface area contributed by atoms with Gasteiger partial charge in [-0.3, -0.25) is 0 Å². The molecule has 0 aromatic heterocycles. The fourth-order valence-electron chi connectivity index (χ4n) is 1.02. The summed E-state index contributed by atoms with van der Waals surface area (Å²) < 4.78 is 23.2. The largest absolute Gasteiger partial charge is 0.311 e. The molecule has 0 aliphatic carbocycles. The van der Waals surface area contributed by atoms with Crippen molar-refractivity contribution >= 4 is 9.84 Å². The maximum Gasteiger partial charge on any atom is 0.154 e. The lowest BCUT2D eigenvalue weighted by Crippen LogP contribution is -2.39. The monoisotopic (exact) mass is 221 g/mol. The van der Waals surface area contributed by atoms with Gasteiger partial charge in [0.1, 0.15) is 0 Å². The first-order valence-corrected chi connectivity index (χ1v) is 6.87. The van der Waals surface area contributed by atoms with Crippen LogP contribution in [0.4, 0.5) is 0 Å². The molecular formula is C10H23NO2S. The molecule has 86 valence electrons. The molecular weight excluding hydrogens is 198 g/mol. The van der Waals surface area contributed by atoms with Gasteiger partial charge in [0.15, 0.2) is 9.84 Å². The van der Waals surface area contributed by atoms with Crippen LogP contribution >= 0.6 is 0 Å². The first-order valence-electron chi connectivity index (χ1n) is 5.15. The van der Waals surface area contributed by atoms with Crippen LogP contribution in [0.15, 0.2) is 0 Å². The fourth-order valence-corrected chi connectivity index (χ4v) is 2.32. The highest BCUT2D eigenvalue weighted by atomic mass is 32.2. The smallest absolute Gasteiger partial charge is 0.154 e. The van der Waals surface area contributed by atoms with Crippen molar-refractivity contribution in [3.05, 3.63) is 0 Å². The van der Waals surface area contributed by atoms with Gasteiger partial charge in [-0.05, 0) is 34.1 Å². The highest BCUT2D eigenvalue weighted by Gasteiger charge is 2.19. The Morgan fingerprint density at radius 1 is 1.29 bits per heavy atom. The minimum Gasteiger partial charge on any atom is -0.311 e. The summed E-state index contributed by atoms with van der Waals surface area (Å²) in [5, 5.41) is 2.96. The lowest BCUT2D eigenvalue weighted by molar-refractivity contribution is 0.438. The fraction of sp³-hybridized carbons (Fsp3) is 1.00. The Balaban J connectivity index is 4.02. The van der Waals surface area contributed by atoms with Crippen LogP contribution in [0.5, 0.6) is 0 Å². The molecule has 0 aromatic rings.